The number of hydrogen-bond acceptors (Lipinski definition) is 8. The Morgan fingerprint density at radius 1 is 0.321 bits per heavy atom. The molecule has 0 aliphatic heterocycles. The number of hydrogen-bond donors (Lipinski definition) is 0. The molecule has 0 fully saturated rings. The van der Waals surface area contributed by atoms with E-state index in [4.69, 9.17) is 37.9 Å². The van der Waals surface area contributed by atoms with E-state index in [-0.39, 0.29) is 10.8 Å². The zero-order valence-electron chi connectivity index (χ0n) is 63.4. The second-order valence-corrected chi connectivity index (χ2v) is 32.9. The van der Waals surface area contributed by atoms with Crippen molar-refractivity contribution >= 4 is 0 Å². The van der Waals surface area contributed by atoms with Crippen molar-refractivity contribution in [1.29, 1.82) is 0 Å². The first-order valence-corrected chi connectivity index (χ1v) is 32.9. The minimum atomic E-state index is 0.220. The van der Waals surface area contributed by atoms with Crippen LogP contribution < -0.4 is 9.47 Å². The summed E-state index contributed by atoms with van der Waals surface area (Å²) in [6.07, 6.45) is 9.21. The molecule has 84 heavy (non-hydrogen) atoms. The predicted molar refractivity (Wildman–Crippen MR) is 374 cm³/mol. The molecule has 0 aromatic heterocycles. The molecule has 2 aromatic rings. The van der Waals surface area contributed by atoms with Gasteiger partial charge < -0.3 is 37.9 Å². The highest BCUT2D eigenvalue weighted by Gasteiger charge is 2.15. The lowest BCUT2D eigenvalue weighted by Gasteiger charge is -2.20. The summed E-state index contributed by atoms with van der Waals surface area (Å²) in [6, 6.07) is 14.5. The molecule has 0 N–H and O–H groups in total. The fourth-order valence-electron chi connectivity index (χ4n) is 5.57. The van der Waals surface area contributed by atoms with Crippen LogP contribution in [0.4, 0.5) is 0 Å². The molecular weight excluding hydrogens is 1040 g/mol. The van der Waals surface area contributed by atoms with E-state index in [2.05, 4.69) is 266 Å². The van der Waals surface area contributed by atoms with Crippen LogP contribution in [0.25, 0.3) is 0 Å². The normalized spacial score (nSPS) is 12.3. The van der Waals surface area contributed by atoms with Crippen LogP contribution >= 0.6 is 0 Å². The minimum Gasteiger partial charge on any atom is -0.493 e. The Labute approximate surface area is 528 Å². The Balaban J connectivity index is -0.000000208. The van der Waals surface area contributed by atoms with Crippen LogP contribution in [0.15, 0.2) is 42.5 Å². The van der Waals surface area contributed by atoms with Crippen LogP contribution in [0.3, 0.4) is 0 Å². The van der Waals surface area contributed by atoms with E-state index >= 15 is 0 Å². The maximum Gasteiger partial charge on any atom is 0.119 e. The monoisotopic (exact) mass is 1190 g/mol. The van der Waals surface area contributed by atoms with Crippen molar-refractivity contribution < 1.29 is 37.9 Å². The lowest BCUT2D eigenvalue weighted by atomic mass is 9.98. The van der Waals surface area contributed by atoms with Crippen molar-refractivity contribution in [2.45, 2.75) is 299 Å². The molecule has 0 spiro atoms. The molecule has 0 amide bonds. The van der Waals surface area contributed by atoms with E-state index in [9.17, 15) is 0 Å². The standard InChI is InChI=1S/C13H20O.C12H18O.C10H22O.2C9H20O.2C8H18O.C7H16O/c1-10-6-11(2)8-12(7-10)14-9-13(3,4)5;1-10-5-7-11(8-6-10)13-9-12(2,3)4;1-5-6-7-8-11-9-10(2,3)4;1-6-8(2)10-7-9(3,4)5;1-5-6-7-10-8-9(2,3)4;1-7(2)9-6-8(3,4)5;1-5-6-9-7-8(2,3)4;1-5-8-6-7(2,3)4/h6-8H,9H2,1-5H3;5-8H,9H2,1-4H3;5-9H2,1-4H3;8H,6-7H2,1-5H3;5-8H2,1-4H3;7H,6H2,1-5H3;5-7H2,1-4H3;5-6H2,1-4H3. The molecule has 2 rings (SSSR count). The summed E-state index contributed by atoms with van der Waals surface area (Å²) in [5.74, 6) is 1.94. The summed E-state index contributed by atoms with van der Waals surface area (Å²) in [4.78, 5) is 0. The summed E-state index contributed by atoms with van der Waals surface area (Å²) >= 11 is 0. The van der Waals surface area contributed by atoms with Gasteiger partial charge in [0, 0.05) is 26.4 Å². The van der Waals surface area contributed by atoms with E-state index in [1.807, 2.05) is 19.1 Å². The van der Waals surface area contributed by atoms with Gasteiger partial charge in [-0.3, -0.25) is 0 Å². The predicted octanol–water partition coefficient (Wildman–Crippen LogP) is 23.1. The van der Waals surface area contributed by atoms with Crippen molar-refractivity contribution in [3.05, 3.63) is 59.2 Å². The lowest BCUT2D eigenvalue weighted by Crippen LogP contribution is -2.19. The Kier molecular flexibility index (Phi) is 56.0. The molecule has 504 valence electrons. The van der Waals surface area contributed by atoms with Crippen molar-refractivity contribution in [2.75, 3.05) is 79.3 Å². The number of unbranched alkanes of at least 4 members (excludes halogenated alkanes) is 3. The van der Waals surface area contributed by atoms with Gasteiger partial charge in [-0.1, -0.05) is 237 Å². The number of aryl methyl sites for hydroxylation is 3. The third-order valence-electron chi connectivity index (χ3n) is 10.0. The first-order valence-electron chi connectivity index (χ1n) is 32.9. The number of rotatable bonds is 23. The van der Waals surface area contributed by atoms with Gasteiger partial charge in [0.2, 0.25) is 0 Å². The maximum atomic E-state index is 5.73. The molecule has 0 aliphatic carbocycles. The van der Waals surface area contributed by atoms with Gasteiger partial charge >= 0.3 is 0 Å². The van der Waals surface area contributed by atoms with E-state index in [0.29, 0.717) is 44.7 Å². The van der Waals surface area contributed by atoms with Crippen LogP contribution in [0, 0.1) is 64.1 Å². The van der Waals surface area contributed by atoms with Crippen LogP contribution in [-0.4, -0.2) is 91.5 Å². The van der Waals surface area contributed by atoms with Gasteiger partial charge in [0.05, 0.1) is 65.1 Å². The van der Waals surface area contributed by atoms with E-state index in [1.165, 1.54) is 48.8 Å². The molecule has 1 atom stereocenters. The molecule has 0 heterocycles. The molecule has 2 aromatic carbocycles. The van der Waals surface area contributed by atoms with Crippen molar-refractivity contribution in [3.63, 3.8) is 0 Å². The Morgan fingerprint density at radius 3 is 0.952 bits per heavy atom. The molecule has 1 unspecified atom stereocenters. The van der Waals surface area contributed by atoms with Crippen molar-refractivity contribution in [3.8, 4) is 11.5 Å². The summed E-state index contributed by atoms with van der Waals surface area (Å²) in [5.41, 5.74) is 6.16. The third kappa shape index (κ3) is 96.1. The summed E-state index contributed by atoms with van der Waals surface area (Å²) in [6.45, 7) is 85.9. The molecule has 0 saturated heterocycles. The zero-order chi connectivity index (χ0) is 67.1. The van der Waals surface area contributed by atoms with Gasteiger partial charge in [0.1, 0.15) is 11.5 Å². The van der Waals surface area contributed by atoms with E-state index < -0.39 is 0 Å². The van der Waals surface area contributed by atoms with Gasteiger partial charge in [-0.05, 0) is 153 Å². The average Bonchev–Trinajstić information content (AvgIpc) is 3.31. The van der Waals surface area contributed by atoms with Crippen LogP contribution in [0.1, 0.15) is 283 Å². The zero-order valence-corrected chi connectivity index (χ0v) is 63.4. The fourth-order valence-corrected chi connectivity index (χ4v) is 5.57. The lowest BCUT2D eigenvalue weighted by molar-refractivity contribution is 0.0170. The third-order valence-corrected chi connectivity index (χ3v) is 10.0. The SMILES string of the molecule is CC(C)OCC(C)(C)C.CCC(C)OCC(C)(C)C.CCCCCOCC(C)(C)C.CCCCOCC(C)(C)C.CCCOCC(C)(C)C.CCOCC(C)(C)C.Cc1cc(C)cc(OCC(C)(C)C)c1.Cc1ccc(OCC(C)(C)C)cc1. The van der Waals surface area contributed by atoms with Gasteiger partial charge in [-0.2, -0.15) is 0 Å². The smallest absolute Gasteiger partial charge is 0.119 e. The number of ether oxygens (including phenoxy) is 8. The highest BCUT2D eigenvalue weighted by atomic mass is 16.5. The molecule has 8 heteroatoms. The topological polar surface area (TPSA) is 73.8 Å². The van der Waals surface area contributed by atoms with Gasteiger partial charge in [-0.25, -0.2) is 0 Å². The molecule has 0 aliphatic rings. The molecule has 0 saturated carbocycles. The van der Waals surface area contributed by atoms with Crippen molar-refractivity contribution in [1.82, 2.24) is 0 Å². The Hall–Kier alpha value is -2.20. The van der Waals surface area contributed by atoms with Gasteiger partial charge in [0.25, 0.3) is 0 Å². The number of benzene rings is 2. The molecule has 0 radical (unpaired) electrons. The van der Waals surface area contributed by atoms with Crippen LogP contribution in [0.5, 0.6) is 11.5 Å². The van der Waals surface area contributed by atoms with Gasteiger partial charge in [0.15, 0.2) is 0 Å². The summed E-state index contributed by atoms with van der Waals surface area (Å²) < 4.78 is 43.8. The highest BCUT2D eigenvalue weighted by Crippen LogP contribution is 2.22. The molecule has 0 bridgehead atoms. The Morgan fingerprint density at radius 2 is 0.655 bits per heavy atom. The highest BCUT2D eigenvalue weighted by molar-refractivity contribution is 5.33. The van der Waals surface area contributed by atoms with Crippen LogP contribution in [-0.2, 0) is 28.4 Å². The molecule has 8 nitrogen and oxygen atoms in total. The van der Waals surface area contributed by atoms with Crippen LogP contribution in [0.2, 0.25) is 0 Å². The first kappa shape index (κ1) is 92.9. The summed E-state index contributed by atoms with van der Waals surface area (Å²) in [7, 11) is 0. The average molecular weight is 1190 g/mol. The second kappa shape index (κ2) is 50.6. The van der Waals surface area contributed by atoms with Gasteiger partial charge in [-0.15, -0.1) is 0 Å². The Bertz CT molecular complexity index is 1670. The largest absolute Gasteiger partial charge is 0.493 e. The van der Waals surface area contributed by atoms with E-state index in [0.717, 1.165) is 104 Å². The fraction of sp³-hybridized carbons (Fsp3) is 0.842. The van der Waals surface area contributed by atoms with Crippen molar-refractivity contribution in [2.24, 2.45) is 43.3 Å². The second-order valence-electron chi connectivity index (χ2n) is 32.9. The minimum absolute atomic E-state index is 0.220. The molecular formula is C76H152O8. The summed E-state index contributed by atoms with van der Waals surface area (Å²) in [5, 5.41) is 0. The van der Waals surface area contributed by atoms with E-state index in [1.54, 1.807) is 0 Å². The quantitative estimate of drug-likeness (QED) is 0.102. The first-order chi connectivity index (χ1) is 38.0. The maximum absolute atomic E-state index is 5.73.